The molecule has 0 spiro atoms. The molecular weight excluding hydrogens is 673 g/mol. The molecule has 0 bridgehead atoms. The molecule has 0 atom stereocenters. The Kier molecular flexibility index (Phi) is 7.10. The molecule has 11 rings (SSSR count). The van der Waals surface area contributed by atoms with Gasteiger partial charge in [0.05, 0.1) is 0 Å². The predicted molar refractivity (Wildman–Crippen MR) is 225 cm³/mol. The lowest BCUT2D eigenvalue weighted by Gasteiger charge is -2.14. The van der Waals surface area contributed by atoms with Gasteiger partial charge in [0.25, 0.3) is 0 Å². The van der Waals surface area contributed by atoms with Crippen molar-refractivity contribution >= 4 is 54.3 Å². The monoisotopic (exact) mass is 702 g/mol. The van der Waals surface area contributed by atoms with Gasteiger partial charge < -0.3 is 4.42 Å². The standard InChI is InChI=1S/C50H30N4O/c1-3-11-31(12-4-1)39-17-9-18-41-46-42(19-10-20-44(46)55-47(39)41)50-53-48(33-13-5-2-6-14-33)52-49(54-50)34-23-21-32(22-24-34)43-29-35-15-7-8-16-37(35)40-26-25-36-30-51-28-27-38(36)45(40)43/h1-30H. The molecule has 3 heterocycles. The second kappa shape index (κ2) is 12.6. The molecule has 8 aromatic carbocycles. The largest absolute Gasteiger partial charge is 0.455 e. The molecule has 0 aliphatic carbocycles. The minimum absolute atomic E-state index is 0.590. The van der Waals surface area contributed by atoms with Crippen LogP contribution in [0.15, 0.2) is 187 Å². The van der Waals surface area contributed by atoms with Crippen molar-refractivity contribution < 1.29 is 4.42 Å². The molecule has 5 heteroatoms. The summed E-state index contributed by atoms with van der Waals surface area (Å²) in [5.41, 5.74) is 8.78. The number of pyridine rings is 1. The van der Waals surface area contributed by atoms with E-state index in [1.54, 1.807) is 0 Å². The van der Waals surface area contributed by atoms with Gasteiger partial charge in [0.15, 0.2) is 17.5 Å². The number of hydrogen-bond acceptors (Lipinski definition) is 5. The summed E-state index contributed by atoms with van der Waals surface area (Å²) in [7, 11) is 0. The van der Waals surface area contributed by atoms with Gasteiger partial charge in [-0.25, -0.2) is 15.0 Å². The van der Waals surface area contributed by atoms with Crippen LogP contribution in [0, 0.1) is 0 Å². The van der Waals surface area contributed by atoms with Crippen molar-refractivity contribution in [1.82, 2.24) is 19.9 Å². The third-order valence-electron chi connectivity index (χ3n) is 10.6. The zero-order chi connectivity index (χ0) is 36.3. The van der Waals surface area contributed by atoms with Crippen LogP contribution in [-0.4, -0.2) is 19.9 Å². The minimum atomic E-state index is 0.590. The Morgan fingerprint density at radius 3 is 1.82 bits per heavy atom. The zero-order valence-corrected chi connectivity index (χ0v) is 29.5. The summed E-state index contributed by atoms with van der Waals surface area (Å²) in [6, 6.07) is 58.9. The maximum atomic E-state index is 6.59. The fourth-order valence-electron chi connectivity index (χ4n) is 8.03. The van der Waals surface area contributed by atoms with E-state index in [1.807, 2.05) is 60.9 Å². The van der Waals surface area contributed by atoms with Gasteiger partial charge in [-0.15, -0.1) is 0 Å². The third kappa shape index (κ3) is 5.17. The van der Waals surface area contributed by atoms with Crippen molar-refractivity contribution in [3.63, 3.8) is 0 Å². The van der Waals surface area contributed by atoms with Crippen molar-refractivity contribution in [2.45, 2.75) is 0 Å². The Hall–Kier alpha value is -7.50. The molecule has 0 aliphatic rings. The Morgan fingerprint density at radius 1 is 0.364 bits per heavy atom. The number of rotatable bonds is 5. The lowest BCUT2D eigenvalue weighted by Crippen LogP contribution is -2.00. The lowest BCUT2D eigenvalue weighted by atomic mass is 9.90. The van der Waals surface area contributed by atoms with Crippen molar-refractivity contribution in [3.05, 3.63) is 182 Å². The van der Waals surface area contributed by atoms with Crippen LogP contribution in [-0.2, 0) is 0 Å². The first-order chi connectivity index (χ1) is 27.3. The number of fused-ring (bicyclic) bond motifs is 8. The summed E-state index contributed by atoms with van der Waals surface area (Å²) in [4.78, 5) is 19.8. The summed E-state index contributed by atoms with van der Waals surface area (Å²) in [6.45, 7) is 0. The quantitative estimate of drug-likeness (QED) is 0.167. The molecule has 0 saturated carbocycles. The first-order valence-electron chi connectivity index (χ1n) is 18.4. The molecule has 256 valence electrons. The van der Waals surface area contributed by atoms with E-state index in [-0.39, 0.29) is 0 Å². The van der Waals surface area contributed by atoms with Crippen molar-refractivity contribution in [2.75, 3.05) is 0 Å². The van der Waals surface area contributed by atoms with Gasteiger partial charge in [-0.2, -0.15) is 0 Å². The van der Waals surface area contributed by atoms with Gasteiger partial charge in [0.1, 0.15) is 11.2 Å². The predicted octanol–water partition coefficient (Wildman–Crippen LogP) is 13.0. The zero-order valence-electron chi connectivity index (χ0n) is 29.5. The van der Waals surface area contributed by atoms with Crippen LogP contribution >= 0.6 is 0 Å². The number of aromatic nitrogens is 4. The van der Waals surface area contributed by atoms with E-state index in [4.69, 9.17) is 19.4 Å². The first kappa shape index (κ1) is 31.1. The highest BCUT2D eigenvalue weighted by Gasteiger charge is 2.20. The molecule has 5 nitrogen and oxygen atoms in total. The molecule has 3 aromatic heterocycles. The van der Waals surface area contributed by atoms with Crippen LogP contribution in [0.4, 0.5) is 0 Å². The lowest BCUT2D eigenvalue weighted by molar-refractivity contribution is 0.670. The maximum Gasteiger partial charge on any atom is 0.164 e. The van der Waals surface area contributed by atoms with Gasteiger partial charge in [-0.05, 0) is 61.8 Å². The topological polar surface area (TPSA) is 64.7 Å². The number of nitrogens with zero attached hydrogens (tertiary/aromatic N) is 4. The Labute approximate surface area is 316 Å². The van der Waals surface area contributed by atoms with E-state index >= 15 is 0 Å². The number of benzene rings is 8. The molecule has 0 radical (unpaired) electrons. The SMILES string of the molecule is c1ccc(-c2nc(-c3ccc(-c4cc5ccccc5c5ccc6cnccc6c45)cc3)nc(-c3cccc4oc5c(-c6ccccc6)cccc5c34)n2)cc1. The molecule has 0 N–H and O–H groups in total. The first-order valence-corrected chi connectivity index (χ1v) is 18.4. The van der Waals surface area contributed by atoms with E-state index in [0.717, 1.165) is 60.7 Å². The third-order valence-corrected chi connectivity index (χ3v) is 10.6. The highest BCUT2D eigenvalue weighted by Crippen LogP contribution is 2.42. The van der Waals surface area contributed by atoms with Gasteiger partial charge in [0.2, 0.25) is 0 Å². The van der Waals surface area contributed by atoms with Crippen LogP contribution in [0.1, 0.15) is 0 Å². The Balaban J connectivity index is 1.09. The maximum absolute atomic E-state index is 6.59. The van der Waals surface area contributed by atoms with E-state index in [1.165, 1.54) is 32.5 Å². The van der Waals surface area contributed by atoms with Crippen LogP contribution in [0.3, 0.4) is 0 Å². The number of para-hydroxylation sites is 1. The molecule has 11 aromatic rings. The van der Waals surface area contributed by atoms with Crippen LogP contribution in [0.2, 0.25) is 0 Å². The number of furan rings is 1. The van der Waals surface area contributed by atoms with E-state index in [2.05, 4.69) is 126 Å². The minimum Gasteiger partial charge on any atom is -0.455 e. The second-order valence-corrected chi connectivity index (χ2v) is 13.8. The fraction of sp³-hybridized carbons (Fsp3) is 0. The molecule has 0 saturated heterocycles. The van der Waals surface area contributed by atoms with Crippen LogP contribution in [0.5, 0.6) is 0 Å². The van der Waals surface area contributed by atoms with Crippen molar-refractivity contribution in [3.8, 4) is 56.4 Å². The fourth-order valence-corrected chi connectivity index (χ4v) is 8.03. The smallest absolute Gasteiger partial charge is 0.164 e. The van der Waals surface area contributed by atoms with Crippen molar-refractivity contribution in [1.29, 1.82) is 0 Å². The van der Waals surface area contributed by atoms with Gasteiger partial charge in [-0.3, -0.25) is 4.98 Å². The van der Waals surface area contributed by atoms with E-state index < -0.39 is 0 Å². The van der Waals surface area contributed by atoms with Gasteiger partial charge in [0, 0.05) is 50.8 Å². The normalized spacial score (nSPS) is 11.6. The second-order valence-electron chi connectivity index (χ2n) is 13.8. The highest BCUT2D eigenvalue weighted by molar-refractivity contribution is 6.23. The molecule has 55 heavy (non-hydrogen) atoms. The molecule has 0 amide bonds. The summed E-state index contributed by atoms with van der Waals surface area (Å²) < 4.78 is 6.59. The van der Waals surface area contributed by atoms with Gasteiger partial charge in [-0.1, -0.05) is 152 Å². The van der Waals surface area contributed by atoms with Crippen molar-refractivity contribution in [2.24, 2.45) is 0 Å². The highest BCUT2D eigenvalue weighted by atomic mass is 16.3. The molecular formula is C50H30N4O. The van der Waals surface area contributed by atoms with Gasteiger partial charge >= 0.3 is 0 Å². The molecule has 0 unspecified atom stereocenters. The average molecular weight is 703 g/mol. The van der Waals surface area contributed by atoms with E-state index in [0.29, 0.717) is 17.5 Å². The van der Waals surface area contributed by atoms with Crippen LogP contribution < -0.4 is 0 Å². The molecule has 0 fully saturated rings. The van der Waals surface area contributed by atoms with Crippen LogP contribution in [0.25, 0.3) is 111 Å². The summed E-state index contributed by atoms with van der Waals surface area (Å²) in [6.07, 6.45) is 3.82. The summed E-state index contributed by atoms with van der Waals surface area (Å²) in [5, 5.41) is 9.18. The summed E-state index contributed by atoms with van der Waals surface area (Å²) >= 11 is 0. The average Bonchev–Trinajstić information content (AvgIpc) is 3.66. The number of hydrogen-bond donors (Lipinski definition) is 0. The Morgan fingerprint density at radius 2 is 1.00 bits per heavy atom. The molecule has 0 aliphatic heterocycles. The van der Waals surface area contributed by atoms with E-state index in [9.17, 15) is 0 Å². The summed E-state index contributed by atoms with van der Waals surface area (Å²) in [5.74, 6) is 1.80. The Bertz CT molecular complexity index is 3250.